The number of aryl methyl sites for hydroxylation is 1. The average molecular weight is 274 g/mol. The van der Waals surface area contributed by atoms with Crippen LogP contribution in [-0.2, 0) is 6.42 Å². The van der Waals surface area contributed by atoms with Crippen molar-refractivity contribution in [3.63, 3.8) is 0 Å². The van der Waals surface area contributed by atoms with Crippen molar-refractivity contribution >= 4 is 11.3 Å². The van der Waals surface area contributed by atoms with Gasteiger partial charge in [-0.05, 0) is 55.7 Å². The summed E-state index contributed by atoms with van der Waals surface area (Å²) >= 11 is 1.86. The van der Waals surface area contributed by atoms with Crippen molar-refractivity contribution in [1.29, 1.82) is 0 Å². The van der Waals surface area contributed by atoms with Crippen LogP contribution in [0.2, 0.25) is 0 Å². The van der Waals surface area contributed by atoms with Crippen LogP contribution in [0.3, 0.4) is 0 Å². The largest absolute Gasteiger partial charge is 0.340 e. The lowest BCUT2D eigenvalue weighted by atomic mass is 9.93. The topological polar surface area (TPSA) is 30.9 Å². The van der Waals surface area contributed by atoms with E-state index in [1.54, 1.807) is 0 Å². The van der Waals surface area contributed by atoms with E-state index >= 15 is 0 Å². The third-order valence-electron chi connectivity index (χ3n) is 4.27. The second-order valence-electron chi connectivity index (χ2n) is 5.50. The summed E-state index contributed by atoms with van der Waals surface area (Å²) in [5, 5.41) is 2.18. The van der Waals surface area contributed by atoms with Crippen LogP contribution in [0.5, 0.6) is 0 Å². The zero-order valence-electron chi connectivity index (χ0n) is 11.7. The molecule has 2 aromatic rings. The molecule has 0 aliphatic heterocycles. The van der Waals surface area contributed by atoms with E-state index in [1.807, 2.05) is 11.3 Å². The van der Waals surface area contributed by atoms with Crippen molar-refractivity contribution in [2.24, 2.45) is 5.73 Å². The summed E-state index contributed by atoms with van der Waals surface area (Å²) in [6, 6.07) is 7.45. The molecule has 0 fully saturated rings. The zero-order chi connectivity index (χ0) is 13.4. The number of nitrogens with two attached hydrogens (primary N) is 1. The van der Waals surface area contributed by atoms with Crippen molar-refractivity contribution in [3.05, 3.63) is 45.4 Å². The van der Waals surface area contributed by atoms with Gasteiger partial charge in [0.2, 0.25) is 0 Å². The number of aromatic nitrogens is 1. The van der Waals surface area contributed by atoms with E-state index in [0.29, 0.717) is 6.04 Å². The van der Waals surface area contributed by atoms with Gasteiger partial charge in [-0.3, -0.25) is 0 Å². The highest BCUT2D eigenvalue weighted by atomic mass is 32.1. The van der Waals surface area contributed by atoms with E-state index < -0.39 is 0 Å². The van der Waals surface area contributed by atoms with E-state index in [-0.39, 0.29) is 6.04 Å². The Bertz CT molecular complexity index is 554. The maximum Gasteiger partial charge on any atom is 0.0675 e. The molecule has 0 saturated carbocycles. The highest BCUT2D eigenvalue weighted by Crippen LogP contribution is 2.36. The number of hydrogen-bond acceptors (Lipinski definition) is 2. The number of thiophene rings is 1. The van der Waals surface area contributed by atoms with Crippen LogP contribution in [-0.4, -0.2) is 4.57 Å². The number of fused-ring (bicyclic) bond motifs is 1. The number of nitrogens with zero attached hydrogens (tertiary/aromatic N) is 1. The number of hydrogen-bond donors (Lipinski definition) is 1. The summed E-state index contributed by atoms with van der Waals surface area (Å²) in [5.41, 5.74) is 10.5. The molecule has 0 amide bonds. The molecule has 2 atom stereocenters. The van der Waals surface area contributed by atoms with E-state index in [1.165, 1.54) is 34.7 Å². The van der Waals surface area contributed by atoms with Crippen LogP contribution < -0.4 is 5.73 Å². The molecule has 1 aliphatic carbocycles. The first-order valence-corrected chi connectivity index (χ1v) is 8.10. The van der Waals surface area contributed by atoms with Crippen LogP contribution in [0.4, 0.5) is 0 Å². The molecule has 0 radical (unpaired) electrons. The molecular weight excluding hydrogens is 252 g/mol. The van der Waals surface area contributed by atoms with Gasteiger partial charge in [-0.2, -0.15) is 0 Å². The Kier molecular flexibility index (Phi) is 3.50. The van der Waals surface area contributed by atoms with Crippen LogP contribution >= 0.6 is 11.3 Å². The molecule has 0 bridgehead atoms. The first-order chi connectivity index (χ1) is 9.22. The van der Waals surface area contributed by atoms with Gasteiger partial charge < -0.3 is 10.3 Å². The minimum atomic E-state index is 0.240. The van der Waals surface area contributed by atoms with Crippen LogP contribution in [0, 0.1) is 6.92 Å². The summed E-state index contributed by atoms with van der Waals surface area (Å²) in [6.07, 6.45) is 4.67. The van der Waals surface area contributed by atoms with Crippen molar-refractivity contribution < 1.29 is 0 Å². The van der Waals surface area contributed by atoms with E-state index in [0.717, 1.165) is 12.8 Å². The van der Waals surface area contributed by atoms with Crippen molar-refractivity contribution in [3.8, 4) is 0 Å². The minimum absolute atomic E-state index is 0.240. The predicted octanol–water partition coefficient (Wildman–Crippen LogP) is 4.19. The Morgan fingerprint density at radius 3 is 3.05 bits per heavy atom. The van der Waals surface area contributed by atoms with Gasteiger partial charge in [0.25, 0.3) is 0 Å². The monoisotopic (exact) mass is 274 g/mol. The molecule has 19 heavy (non-hydrogen) atoms. The lowest BCUT2D eigenvalue weighted by molar-refractivity contribution is 0.501. The Morgan fingerprint density at radius 2 is 2.37 bits per heavy atom. The Morgan fingerprint density at radius 1 is 1.53 bits per heavy atom. The molecule has 2 nitrogen and oxygen atoms in total. The maximum absolute atomic E-state index is 6.28. The molecule has 2 unspecified atom stereocenters. The molecule has 2 aromatic heterocycles. The third-order valence-corrected chi connectivity index (χ3v) is 5.24. The lowest BCUT2D eigenvalue weighted by Gasteiger charge is -2.25. The molecule has 2 N–H and O–H groups in total. The Hall–Kier alpha value is -1.06. The van der Waals surface area contributed by atoms with Gasteiger partial charge in [-0.1, -0.05) is 13.0 Å². The lowest BCUT2D eigenvalue weighted by Crippen LogP contribution is -2.20. The van der Waals surface area contributed by atoms with Crippen LogP contribution in [0.25, 0.3) is 0 Å². The summed E-state index contributed by atoms with van der Waals surface area (Å²) in [5.74, 6) is 0. The molecular formula is C16H22N2S. The summed E-state index contributed by atoms with van der Waals surface area (Å²) < 4.78 is 2.54. The van der Waals surface area contributed by atoms with E-state index in [4.69, 9.17) is 5.73 Å². The summed E-state index contributed by atoms with van der Waals surface area (Å²) in [7, 11) is 0. The first-order valence-electron chi connectivity index (χ1n) is 7.22. The molecule has 102 valence electrons. The zero-order valence-corrected chi connectivity index (χ0v) is 12.5. The SMILES string of the molecule is CCC(c1cccs1)n1c(C)cc2c1CCCC2N. The van der Waals surface area contributed by atoms with Gasteiger partial charge in [0, 0.05) is 22.3 Å². The summed E-state index contributed by atoms with van der Waals surface area (Å²) in [6.45, 7) is 4.50. The molecule has 3 rings (SSSR count). The molecule has 2 heterocycles. The normalized spacial score (nSPS) is 20.3. The van der Waals surface area contributed by atoms with Gasteiger partial charge in [0.1, 0.15) is 0 Å². The van der Waals surface area contributed by atoms with Crippen LogP contribution in [0.15, 0.2) is 23.6 Å². The quantitative estimate of drug-likeness (QED) is 0.893. The highest BCUT2D eigenvalue weighted by molar-refractivity contribution is 7.10. The summed E-state index contributed by atoms with van der Waals surface area (Å²) in [4.78, 5) is 1.46. The fourth-order valence-corrected chi connectivity index (χ4v) is 4.29. The van der Waals surface area contributed by atoms with Crippen molar-refractivity contribution in [2.75, 3.05) is 0 Å². The Balaban J connectivity index is 2.09. The van der Waals surface area contributed by atoms with Gasteiger partial charge >= 0.3 is 0 Å². The fourth-order valence-electron chi connectivity index (χ4n) is 3.39. The number of rotatable bonds is 3. The van der Waals surface area contributed by atoms with Gasteiger partial charge in [0.15, 0.2) is 0 Å². The van der Waals surface area contributed by atoms with Crippen LogP contribution in [0.1, 0.15) is 60.1 Å². The van der Waals surface area contributed by atoms with Gasteiger partial charge in [0.05, 0.1) is 6.04 Å². The average Bonchev–Trinajstić information content (AvgIpc) is 3.01. The maximum atomic E-state index is 6.28. The second kappa shape index (κ2) is 5.14. The van der Waals surface area contributed by atoms with E-state index in [2.05, 4.69) is 42.0 Å². The predicted molar refractivity (Wildman–Crippen MR) is 81.8 cm³/mol. The fraction of sp³-hybridized carbons (Fsp3) is 0.500. The van der Waals surface area contributed by atoms with Crippen molar-refractivity contribution in [2.45, 2.75) is 51.6 Å². The smallest absolute Gasteiger partial charge is 0.0675 e. The Labute approximate surface area is 119 Å². The third kappa shape index (κ3) is 2.15. The standard InChI is InChI=1S/C16H22N2S/c1-3-14(16-8-5-9-19-16)18-11(2)10-12-13(17)6-4-7-15(12)18/h5,8-10,13-14H,3-4,6-7,17H2,1-2H3. The van der Waals surface area contributed by atoms with Gasteiger partial charge in [-0.25, -0.2) is 0 Å². The first kappa shape index (κ1) is 12.9. The molecule has 0 saturated heterocycles. The molecule has 0 aromatic carbocycles. The highest BCUT2D eigenvalue weighted by Gasteiger charge is 2.25. The molecule has 1 aliphatic rings. The van der Waals surface area contributed by atoms with Crippen molar-refractivity contribution in [1.82, 2.24) is 4.57 Å². The minimum Gasteiger partial charge on any atom is -0.340 e. The second-order valence-corrected chi connectivity index (χ2v) is 6.48. The molecule has 0 spiro atoms. The molecule has 3 heteroatoms. The van der Waals surface area contributed by atoms with Gasteiger partial charge in [-0.15, -0.1) is 11.3 Å². The van der Waals surface area contributed by atoms with E-state index in [9.17, 15) is 0 Å².